The van der Waals surface area contributed by atoms with Crippen molar-refractivity contribution in [3.8, 4) is 0 Å². The molecule has 0 radical (unpaired) electrons. The monoisotopic (exact) mass is 568 g/mol. The van der Waals surface area contributed by atoms with Crippen LogP contribution in [0.5, 0.6) is 0 Å². The number of nitrogens with zero attached hydrogens (tertiary/aromatic N) is 3. The Labute approximate surface area is 236 Å². The standard InChI is InChI=1S/C28H32N6O3S.2H2O/c1-5-22(35)31-18-8-6-7-9-19(18)32-26(36)25-24-23-20(10-11-29-27(23)38-25)34(28(37)33-24)21-14-30-17(12-15(2)3)13-16(21)4;;/h5,10-11,13-15,18-19H,1,6-9,12H2,2-4H3,(H,31,35)(H,32,36)(H,33,37);2*1H2/t18-,19+;;/m0../s1. The van der Waals surface area contributed by atoms with E-state index in [0.717, 1.165) is 48.7 Å². The second-order valence-corrected chi connectivity index (χ2v) is 11.3. The number of nitrogens with one attached hydrogen (secondary N) is 3. The highest BCUT2D eigenvalue weighted by molar-refractivity contribution is 7.21. The van der Waals surface area contributed by atoms with Crippen molar-refractivity contribution >= 4 is 56.5 Å². The van der Waals surface area contributed by atoms with Crippen LogP contribution in [-0.2, 0) is 11.2 Å². The first-order valence-electron chi connectivity index (χ1n) is 13.0. The van der Waals surface area contributed by atoms with E-state index in [2.05, 4.69) is 46.3 Å². The summed E-state index contributed by atoms with van der Waals surface area (Å²) in [5.74, 6) is -0.0643. The minimum absolute atomic E-state index is 0. The molecule has 0 saturated heterocycles. The lowest BCUT2D eigenvalue weighted by molar-refractivity contribution is -0.117. The number of aryl methyl sites for hydroxylation is 1. The molecule has 0 bridgehead atoms. The zero-order chi connectivity index (χ0) is 27.0. The van der Waals surface area contributed by atoms with E-state index < -0.39 is 0 Å². The Hall–Kier alpha value is -3.87. The van der Waals surface area contributed by atoms with Crippen molar-refractivity contribution in [1.82, 2.24) is 20.6 Å². The van der Waals surface area contributed by atoms with Gasteiger partial charge >= 0.3 is 6.03 Å². The van der Waals surface area contributed by atoms with Gasteiger partial charge in [-0.05, 0) is 55.9 Å². The Morgan fingerprint density at radius 3 is 2.52 bits per heavy atom. The minimum Gasteiger partial charge on any atom is -0.412 e. The maximum Gasteiger partial charge on any atom is 0.331 e. The van der Waals surface area contributed by atoms with Crippen LogP contribution in [0.3, 0.4) is 0 Å². The quantitative estimate of drug-likeness (QED) is 0.368. The second kappa shape index (κ2) is 12.5. The second-order valence-electron chi connectivity index (χ2n) is 10.3. The molecular formula is C28H36N6O5S. The Bertz CT molecular complexity index is 1440. The number of pyridine rings is 2. The molecule has 7 N–H and O–H groups in total. The van der Waals surface area contributed by atoms with Crippen LogP contribution >= 0.6 is 11.3 Å². The molecule has 5 rings (SSSR count). The average molecular weight is 569 g/mol. The number of amides is 4. The normalized spacial score (nSPS) is 17.9. The van der Waals surface area contributed by atoms with Crippen LogP contribution in [0, 0.1) is 12.8 Å². The molecule has 12 heteroatoms. The van der Waals surface area contributed by atoms with Crippen molar-refractivity contribution in [3.05, 3.63) is 53.3 Å². The Balaban J connectivity index is 0.00000220. The number of aromatic nitrogens is 2. The number of carbonyl (C=O) groups is 3. The molecule has 40 heavy (non-hydrogen) atoms. The van der Waals surface area contributed by atoms with E-state index in [1.54, 1.807) is 23.4 Å². The van der Waals surface area contributed by atoms with Crippen molar-refractivity contribution in [2.45, 2.75) is 65.0 Å². The number of anilines is 3. The summed E-state index contributed by atoms with van der Waals surface area (Å²) in [5, 5.41) is 9.72. The van der Waals surface area contributed by atoms with Crippen LogP contribution in [0.25, 0.3) is 10.2 Å². The number of urea groups is 1. The molecule has 1 aliphatic heterocycles. The molecule has 0 unspecified atom stereocenters. The van der Waals surface area contributed by atoms with Gasteiger partial charge in [0.2, 0.25) is 5.91 Å². The third kappa shape index (κ3) is 5.83. The molecule has 4 amide bonds. The molecular weight excluding hydrogens is 532 g/mol. The van der Waals surface area contributed by atoms with E-state index in [0.29, 0.717) is 32.7 Å². The number of hydrogen-bond donors (Lipinski definition) is 3. The molecule has 1 fully saturated rings. The summed E-state index contributed by atoms with van der Waals surface area (Å²) < 4.78 is 0. The third-order valence-electron chi connectivity index (χ3n) is 7.05. The summed E-state index contributed by atoms with van der Waals surface area (Å²) in [6.45, 7) is 9.79. The maximum atomic E-state index is 13.5. The van der Waals surface area contributed by atoms with Gasteiger partial charge < -0.3 is 26.9 Å². The molecule has 1 saturated carbocycles. The van der Waals surface area contributed by atoms with Gasteiger partial charge in [0.1, 0.15) is 9.71 Å². The van der Waals surface area contributed by atoms with Gasteiger partial charge in [0, 0.05) is 24.0 Å². The molecule has 0 aromatic carbocycles. The maximum absolute atomic E-state index is 13.5. The van der Waals surface area contributed by atoms with Crippen molar-refractivity contribution in [1.29, 1.82) is 0 Å². The first kappa shape index (κ1) is 30.7. The molecule has 214 valence electrons. The highest BCUT2D eigenvalue weighted by Crippen LogP contribution is 2.46. The lowest BCUT2D eigenvalue weighted by Crippen LogP contribution is -2.52. The predicted octanol–water partition coefficient (Wildman–Crippen LogP) is 3.58. The topological polar surface area (TPSA) is 179 Å². The van der Waals surface area contributed by atoms with Gasteiger partial charge in [0.05, 0.1) is 28.6 Å². The summed E-state index contributed by atoms with van der Waals surface area (Å²) in [6.07, 6.45) is 8.99. The molecule has 4 heterocycles. The number of carbonyl (C=O) groups excluding carboxylic acids is 3. The van der Waals surface area contributed by atoms with Crippen LogP contribution in [0.1, 0.15) is 60.5 Å². The summed E-state index contributed by atoms with van der Waals surface area (Å²) in [4.78, 5) is 50.6. The average Bonchev–Trinajstić information content (AvgIpc) is 3.25. The van der Waals surface area contributed by atoms with Gasteiger partial charge in [-0.1, -0.05) is 33.3 Å². The number of thiophene rings is 1. The number of hydrogen-bond acceptors (Lipinski definition) is 6. The zero-order valence-electron chi connectivity index (χ0n) is 22.8. The Kier molecular flexibility index (Phi) is 9.61. The van der Waals surface area contributed by atoms with Gasteiger partial charge in [-0.15, -0.1) is 11.3 Å². The fourth-order valence-electron chi connectivity index (χ4n) is 5.31. The molecule has 2 aliphatic rings. The molecule has 1 aliphatic carbocycles. The van der Waals surface area contributed by atoms with Gasteiger partial charge in [0.15, 0.2) is 0 Å². The fraction of sp³-hybridized carbons (Fsp3) is 0.393. The van der Waals surface area contributed by atoms with E-state index in [4.69, 9.17) is 0 Å². The highest BCUT2D eigenvalue weighted by Gasteiger charge is 2.35. The van der Waals surface area contributed by atoms with E-state index >= 15 is 0 Å². The molecule has 3 aromatic rings. The van der Waals surface area contributed by atoms with Crippen LogP contribution in [0.4, 0.5) is 21.9 Å². The lowest BCUT2D eigenvalue weighted by Gasteiger charge is -2.32. The van der Waals surface area contributed by atoms with Crippen LogP contribution in [0.2, 0.25) is 0 Å². The number of rotatable bonds is 7. The fourth-order valence-corrected chi connectivity index (χ4v) is 6.33. The first-order valence-corrected chi connectivity index (χ1v) is 13.8. The summed E-state index contributed by atoms with van der Waals surface area (Å²) in [6, 6.07) is 3.08. The first-order chi connectivity index (χ1) is 18.3. The van der Waals surface area contributed by atoms with E-state index in [1.807, 2.05) is 13.0 Å². The summed E-state index contributed by atoms with van der Waals surface area (Å²) >= 11 is 1.25. The van der Waals surface area contributed by atoms with Crippen molar-refractivity contribution in [3.63, 3.8) is 0 Å². The Morgan fingerprint density at radius 1 is 1.18 bits per heavy atom. The van der Waals surface area contributed by atoms with E-state index in [9.17, 15) is 14.4 Å². The lowest BCUT2D eigenvalue weighted by atomic mass is 9.90. The van der Waals surface area contributed by atoms with Gasteiger partial charge in [-0.3, -0.25) is 19.5 Å². The highest BCUT2D eigenvalue weighted by atomic mass is 32.1. The molecule has 3 aromatic heterocycles. The summed E-state index contributed by atoms with van der Waals surface area (Å²) in [5.41, 5.74) is 3.75. The van der Waals surface area contributed by atoms with Crippen LogP contribution < -0.4 is 20.9 Å². The van der Waals surface area contributed by atoms with Crippen molar-refractivity contribution in [2.24, 2.45) is 5.92 Å². The zero-order valence-corrected chi connectivity index (χ0v) is 23.7. The van der Waals surface area contributed by atoms with Crippen LogP contribution in [0.15, 0.2) is 37.2 Å². The van der Waals surface area contributed by atoms with Gasteiger partial charge in [-0.2, -0.15) is 0 Å². The molecule has 0 spiro atoms. The summed E-state index contributed by atoms with van der Waals surface area (Å²) in [7, 11) is 0. The Morgan fingerprint density at radius 2 is 1.88 bits per heavy atom. The third-order valence-corrected chi connectivity index (χ3v) is 8.14. The van der Waals surface area contributed by atoms with Gasteiger partial charge in [0.25, 0.3) is 5.91 Å². The van der Waals surface area contributed by atoms with Gasteiger partial charge in [-0.25, -0.2) is 9.78 Å². The van der Waals surface area contributed by atoms with E-state index in [-0.39, 0.29) is 40.9 Å². The van der Waals surface area contributed by atoms with Crippen LogP contribution in [-0.4, -0.2) is 50.8 Å². The predicted molar refractivity (Wildman–Crippen MR) is 157 cm³/mol. The molecule has 11 nitrogen and oxygen atoms in total. The largest absolute Gasteiger partial charge is 0.412 e. The van der Waals surface area contributed by atoms with Crippen molar-refractivity contribution in [2.75, 3.05) is 10.2 Å². The SMILES string of the molecule is C=CC(=O)N[C@H]1CCCC[C@H]1NC(=O)c1sc2nccc3c2c1NC(=O)N3c1cnc(CC(C)C)cc1C.O.O. The minimum atomic E-state index is -0.354. The van der Waals surface area contributed by atoms with E-state index in [1.165, 1.54) is 17.4 Å². The smallest absolute Gasteiger partial charge is 0.331 e. The van der Waals surface area contributed by atoms with Crippen molar-refractivity contribution < 1.29 is 25.3 Å². The molecule has 2 atom stereocenters.